The van der Waals surface area contributed by atoms with Gasteiger partial charge < -0.3 is 14.8 Å². The van der Waals surface area contributed by atoms with E-state index in [-0.39, 0.29) is 0 Å². The number of rotatable bonds is 9. The summed E-state index contributed by atoms with van der Waals surface area (Å²) in [6.07, 6.45) is 6.52. The van der Waals surface area contributed by atoms with Crippen molar-refractivity contribution in [2.75, 3.05) is 33.5 Å². The van der Waals surface area contributed by atoms with Crippen LogP contribution in [0.15, 0.2) is 23.2 Å². The van der Waals surface area contributed by atoms with Crippen LogP contribution in [0, 0.1) is 0 Å². The first kappa shape index (κ1) is 15.4. The highest BCUT2D eigenvalue weighted by atomic mass is 79.9. The minimum Gasteiger partial charge on any atom is -0.382 e. The maximum Gasteiger partial charge on any atom is 0.155 e. The molecule has 2 aromatic heterocycles. The molecule has 0 saturated heterocycles. The van der Waals surface area contributed by atoms with Crippen molar-refractivity contribution in [1.82, 2.24) is 19.7 Å². The maximum atomic E-state index is 5.40. The van der Waals surface area contributed by atoms with Crippen LogP contribution >= 0.6 is 15.9 Å². The second kappa shape index (κ2) is 8.31. The Bertz CT molecular complexity index is 532. The molecule has 2 rings (SSSR count). The predicted molar refractivity (Wildman–Crippen MR) is 79.7 cm³/mol. The Morgan fingerprint density at radius 1 is 1.25 bits per heavy atom. The quantitative estimate of drug-likeness (QED) is 0.702. The summed E-state index contributed by atoms with van der Waals surface area (Å²) in [5.41, 5.74) is 1.97. The molecule has 0 aliphatic heterocycles. The number of hydrogen-bond donors (Lipinski definition) is 1. The zero-order valence-corrected chi connectivity index (χ0v) is 13.1. The molecular weight excluding hydrogens is 324 g/mol. The lowest BCUT2D eigenvalue weighted by Crippen LogP contribution is -2.17. The zero-order valence-electron chi connectivity index (χ0n) is 11.5. The minimum absolute atomic E-state index is 0.651. The van der Waals surface area contributed by atoms with Gasteiger partial charge in [0.15, 0.2) is 5.65 Å². The number of aromatic nitrogens is 3. The summed E-state index contributed by atoms with van der Waals surface area (Å²) in [4.78, 5) is 8.46. The van der Waals surface area contributed by atoms with Crippen LogP contribution in [0.2, 0.25) is 0 Å². The Hall–Kier alpha value is -1.02. The van der Waals surface area contributed by atoms with E-state index in [1.54, 1.807) is 13.3 Å². The van der Waals surface area contributed by atoms with Crippen LogP contribution in [-0.4, -0.2) is 47.8 Å². The molecule has 0 atom stereocenters. The molecule has 0 spiro atoms. The van der Waals surface area contributed by atoms with E-state index in [4.69, 9.17) is 9.47 Å². The summed E-state index contributed by atoms with van der Waals surface area (Å²) in [5.74, 6) is 0. The molecule has 0 aliphatic rings. The average Bonchev–Trinajstić information content (AvgIpc) is 2.84. The minimum atomic E-state index is 0.651. The second-order valence-corrected chi connectivity index (χ2v) is 5.14. The molecule has 0 aliphatic carbocycles. The van der Waals surface area contributed by atoms with Crippen LogP contribution in [0.1, 0.15) is 12.1 Å². The summed E-state index contributed by atoms with van der Waals surface area (Å²) >= 11 is 3.37. The Morgan fingerprint density at radius 2 is 2.15 bits per heavy atom. The lowest BCUT2D eigenvalue weighted by Gasteiger charge is -2.06. The summed E-state index contributed by atoms with van der Waals surface area (Å²) in [6, 6.07) is 0. The van der Waals surface area contributed by atoms with Gasteiger partial charge in [-0.2, -0.15) is 0 Å². The average molecular weight is 343 g/mol. The van der Waals surface area contributed by atoms with E-state index in [9.17, 15) is 0 Å². The predicted octanol–water partition coefficient (Wildman–Crippen LogP) is 1.63. The number of nitrogens with zero attached hydrogens (tertiary/aromatic N) is 3. The zero-order chi connectivity index (χ0) is 14.2. The van der Waals surface area contributed by atoms with Crippen molar-refractivity contribution in [3.63, 3.8) is 0 Å². The maximum absolute atomic E-state index is 5.40. The van der Waals surface area contributed by atoms with Gasteiger partial charge in [-0.1, -0.05) is 0 Å². The Balaban J connectivity index is 1.69. The third-order valence-corrected chi connectivity index (χ3v) is 3.23. The largest absolute Gasteiger partial charge is 0.382 e. The molecule has 0 unspecified atom stereocenters. The fourth-order valence-corrected chi connectivity index (χ4v) is 2.11. The highest BCUT2D eigenvalue weighted by molar-refractivity contribution is 9.10. The molecule has 2 aromatic rings. The molecule has 6 nitrogen and oxygen atoms in total. The van der Waals surface area contributed by atoms with Crippen LogP contribution in [-0.2, 0) is 16.0 Å². The molecule has 0 amide bonds. The Kier molecular flexibility index (Phi) is 6.38. The number of halogens is 1. The van der Waals surface area contributed by atoms with Crippen molar-refractivity contribution in [2.24, 2.45) is 0 Å². The number of fused-ring (bicyclic) bond motifs is 1. The lowest BCUT2D eigenvalue weighted by molar-refractivity contribution is 0.0694. The van der Waals surface area contributed by atoms with Gasteiger partial charge >= 0.3 is 0 Å². The number of hydrogen-bond acceptors (Lipinski definition) is 5. The summed E-state index contributed by atoms with van der Waals surface area (Å²) in [5, 5.41) is 3.38. The van der Waals surface area contributed by atoms with E-state index in [0.29, 0.717) is 13.2 Å². The van der Waals surface area contributed by atoms with Gasteiger partial charge in [0, 0.05) is 26.5 Å². The molecule has 110 valence electrons. The molecule has 0 radical (unpaired) electrons. The van der Waals surface area contributed by atoms with Gasteiger partial charge in [0.2, 0.25) is 0 Å². The van der Waals surface area contributed by atoms with Crippen molar-refractivity contribution in [3.05, 3.63) is 28.9 Å². The SMILES string of the molecule is COCCOCCCNCc1cnc2cnc(Br)cn12. The number of ether oxygens (including phenoxy) is 2. The van der Waals surface area contributed by atoms with Crippen LogP contribution in [0.3, 0.4) is 0 Å². The molecular formula is C13H19BrN4O2. The molecule has 0 aromatic carbocycles. The van der Waals surface area contributed by atoms with E-state index in [0.717, 1.165) is 42.1 Å². The fourth-order valence-electron chi connectivity index (χ4n) is 1.81. The van der Waals surface area contributed by atoms with Crippen molar-refractivity contribution in [3.8, 4) is 0 Å². The summed E-state index contributed by atoms with van der Waals surface area (Å²) < 4.78 is 13.1. The monoisotopic (exact) mass is 342 g/mol. The van der Waals surface area contributed by atoms with Crippen LogP contribution in [0.5, 0.6) is 0 Å². The normalized spacial score (nSPS) is 11.3. The van der Waals surface area contributed by atoms with E-state index < -0.39 is 0 Å². The molecule has 0 bridgehead atoms. The molecule has 0 saturated carbocycles. The highest BCUT2D eigenvalue weighted by Gasteiger charge is 2.03. The van der Waals surface area contributed by atoms with E-state index in [1.807, 2.05) is 16.8 Å². The first-order valence-electron chi connectivity index (χ1n) is 6.56. The van der Waals surface area contributed by atoms with Gasteiger partial charge in [-0.15, -0.1) is 0 Å². The van der Waals surface area contributed by atoms with Crippen LogP contribution < -0.4 is 5.32 Å². The van der Waals surface area contributed by atoms with Gasteiger partial charge in [0.25, 0.3) is 0 Å². The standard InChI is InChI=1S/C13H19BrN4O2/c1-19-5-6-20-4-2-3-15-7-11-8-17-13-9-16-12(14)10-18(11)13/h8-10,15H,2-7H2,1H3. The van der Waals surface area contributed by atoms with Gasteiger partial charge in [-0.05, 0) is 28.9 Å². The smallest absolute Gasteiger partial charge is 0.155 e. The van der Waals surface area contributed by atoms with E-state index >= 15 is 0 Å². The van der Waals surface area contributed by atoms with Crippen LogP contribution in [0.25, 0.3) is 5.65 Å². The third-order valence-electron chi connectivity index (χ3n) is 2.82. The van der Waals surface area contributed by atoms with Crippen LogP contribution in [0.4, 0.5) is 0 Å². The molecule has 7 heteroatoms. The van der Waals surface area contributed by atoms with E-state index in [2.05, 4.69) is 31.2 Å². The van der Waals surface area contributed by atoms with Crippen molar-refractivity contribution < 1.29 is 9.47 Å². The van der Waals surface area contributed by atoms with Crippen molar-refractivity contribution >= 4 is 21.6 Å². The van der Waals surface area contributed by atoms with Gasteiger partial charge in [-0.25, -0.2) is 9.97 Å². The summed E-state index contributed by atoms with van der Waals surface area (Å²) in [7, 11) is 1.68. The topological polar surface area (TPSA) is 60.7 Å². The molecule has 20 heavy (non-hydrogen) atoms. The molecule has 2 heterocycles. The van der Waals surface area contributed by atoms with Gasteiger partial charge in [0.1, 0.15) is 4.60 Å². The van der Waals surface area contributed by atoms with Crippen molar-refractivity contribution in [2.45, 2.75) is 13.0 Å². The molecule has 0 fully saturated rings. The second-order valence-electron chi connectivity index (χ2n) is 4.32. The Morgan fingerprint density at radius 3 is 3.00 bits per heavy atom. The highest BCUT2D eigenvalue weighted by Crippen LogP contribution is 2.10. The van der Waals surface area contributed by atoms with Crippen molar-refractivity contribution in [1.29, 1.82) is 0 Å². The number of imidazole rings is 1. The fraction of sp³-hybridized carbons (Fsp3) is 0.538. The number of nitrogens with one attached hydrogen (secondary N) is 1. The van der Waals surface area contributed by atoms with Gasteiger partial charge in [-0.3, -0.25) is 4.40 Å². The first-order valence-corrected chi connectivity index (χ1v) is 7.35. The van der Waals surface area contributed by atoms with E-state index in [1.165, 1.54) is 0 Å². The Labute approximate surface area is 126 Å². The molecule has 1 N–H and O–H groups in total. The first-order chi connectivity index (χ1) is 9.81. The summed E-state index contributed by atoms with van der Waals surface area (Å²) in [6.45, 7) is 3.74. The third kappa shape index (κ3) is 4.52. The lowest BCUT2D eigenvalue weighted by atomic mass is 10.4. The number of methoxy groups -OCH3 is 1. The van der Waals surface area contributed by atoms with Gasteiger partial charge in [0.05, 0.1) is 31.3 Å².